The number of halogens is 1. The van der Waals surface area contributed by atoms with E-state index in [2.05, 4.69) is 5.32 Å². The molecule has 0 amide bonds. The van der Waals surface area contributed by atoms with Crippen LogP contribution in [0.15, 0.2) is 42.5 Å². The summed E-state index contributed by atoms with van der Waals surface area (Å²) in [5.74, 6) is 1.29. The van der Waals surface area contributed by atoms with E-state index >= 15 is 0 Å². The highest BCUT2D eigenvalue weighted by Gasteiger charge is 2.16. The Morgan fingerprint density at radius 3 is 2.28 bits per heavy atom. The number of carbonyl (C=O) groups is 1. The van der Waals surface area contributed by atoms with Gasteiger partial charge in [-0.2, -0.15) is 0 Å². The molecule has 0 bridgehead atoms. The van der Waals surface area contributed by atoms with Crippen LogP contribution in [-0.2, 0) is 4.79 Å². The van der Waals surface area contributed by atoms with Crippen molar-refractivity contribution in [2.75, 3.05) is 6.54 Å². The first-order valence-electron chi connectivity index (χ1n) is 9.75. The average Bonchev–Trinajstić information content (AvgIpc) is 2.62. The van der Waals surface area contributed by atoms with E-state index in [-0.39, 0.29) is 30.3 Å². The summed E-state index contributed by atoms with van der Waals surface area (Å²) in [5.41, 5.74) is 1.82. The number of rotatable bonds is 9. The Morgan fingerprint density at radius 2 is 1.69 bits per heavy atom. The Labute approximate surface area is 179 Å². The third kappa shape index (κ3) is 8.44. The molecule has 5 nitrogen and oxygen atoms in total. The van der Waals surface area contributed by atoms with Crippen LogP contribution in [0.25, 0.3) is 0 Å². The van der Waals surface area contributed by atoms with E-state index in [4.69, 9.17) is 9.47 Å². The molecule has 0 aliphatic carbocycles. The van der Waals surface area contributed by atoms with Gasteiger partial charge in [0.1, 0.15) is 5.75 Å². The molecular weight excluding hydrogens is 390 g/mol. The van der Waals surface area contributed by atoms with Crippen molar-refractivity contribution in [1.82, 2.24) is 5.32 Å². The second kappa shape index (κ2) is 11.8. The quantitative estimate of drug-likeness (QED) is 0.430. The summed E-state index contributed by atoms with van der Waals surface area (Å²) in [6.45, 7) is 10.4. The van der Waals surface area contributed by atoms with E-state index in [1.165, 1.54) is 0 Å². The van der Waals surface area contributed by atoms with Gasteiger partial charge in [0.25, 0.3) is 0 Å². The normalized spacial score (nSPS) is 11.9. The van der Waals surface area contributed by atoms with Gasteiger partial charge in [-0.1, -0.05) is 51.5 Å². The third-order valence-corrected chi connectivity index (χ3v) is 4.12. The smallest absolute Gasteiger partial charge is 0.311 e. The molecule has 0 heterocycles. The molecule has 160 valence electrons. The van der Waals surface area contributed by atoms with Crippen LogP contribution < -0.4 is 14.8 Å². The van der Waals surface area contributed by atoms with Gasteiger partial charge in [0.2, 0.25) is 0 Å². The fourth-order valence-electron chi connectivity index (χ4n) is 2.59. The number of aliphatic hydroxyl groups is 1. The second-order valence-corrected chi connectivity index (χ2v) is 7.77. The molecule has 29 heavy (non-hydrogen) atoms. The van der Waals surface area contributed by atoms with Crippen molar-refractivity contribution in [2.45, 2.75) is 53.2 Å². The summed E-state index contributed by atoms with van der Waals surface area (Å²) < 4.78 is 11.5. The highest BCUT2D eigenvalue weighted by molar-refractivity contribution is 5.85. The molecule has 0 fully saturated rings. The Kier molecular flexibility index (Phi) is 10.2. The number of ether oxygens (including phenoxy) is 2. The van der Waals surface area contributed by atoms with Gasteiger partial charge in [0.05, 0.1) is 6.10 Å². The number of benzene rings is 2. The summed E-state index contributed by atoms with van der Waals surface area (Å²) in [5, 5.41) is 13.7. The summed E-state index contributed by atoms with van der Waals surface area (Å²) in [4.78, 5) is 12.1. The van der Waals surface area contributed by atoms with Crippen LogP contribution in [0, 0.1) is 12.8 Å². The first kappa shape index (κ1) is 25.0. The van der Waals surface area contributed by atoms with Crippen LogP contribution in [0.2, 0.25) is 0 Å². The molecule has 2 aromatic rings. The van der Waals surface area contributed by atoms with Crippen molar-refractivity contribution in [2.24, 2.45) is 5.92 Å². The fourth-order valence-corrected chi connectivity index (χ4v) is 2.59. The molecule has 1 atom stereocenters. The van der Waals surface area contributed by atoms with Crippen molar-refractivity contribution in [3.8, 4) is 17.2 Å². The maximum Gasteiger partial charge on any atom is 0.311 e. The number of nitrogens with one attached hydrogen (secondary N) is 1. The Morgan fingerprint density at radius 1 is 1.03 bits per heavy atom. The summed E-state index contributed by atoms with van der Waals surface area (Å²) >= 11 is 0. The predicted molar refractivity (Wildman–Crippen MR) is 118 cm³/mol. The van der Waals surface area contributed by atoms with Gasteiger partial charge in [0, 0.05) is 19.0 Å². The van der Waals surface area contributed by atoms with Gasteiger partial charge in [-0.25, -0.2) is 0 Å². The van der Waals surface area contributed by atoms with Crippen LogP contribution in [0.5, 0.6) is 17.2 Å². The van der Waals surface area contributed by atoms with Gasteiger partial charge < -0.3 is 19.9 Å². The van der Waals surface area contributed by atoms with Crippen molar-refractivity contribution >= 4 is 18.4 Å². The maximum absolute atomic E-state index is 12.1. The average molecular weight is 422 g/mol. The number of aryl methyl sites for hydroxylation is 1. The maximum atomic E-state index is 12.1. The van der Waals surface area contributed by atoms with Crippen molar-refractivity contribution < 1.29 is 19.4 Å². The molecule has 2 aromatic carbocycles. The van der Waals surface area contributed by atoms with Crippen LogP contribution in [-0.4, -0.2) is 23.7 Å². The van der Waals surface area contributed by atoms with Crippen molar-refractivity contribution in [3.63, 3.8) is 0 Å². The van der Waals surface area contributed by atoms with Crippen LogP contribution in [0.3, 0.4) is 0 Å². The molecule has 0 spiro atoms. The van der Waals surface area contributed by atoms with E-state index in [0.29, 0.717) is 35.8 Å². The second-order valence-electron chi connectivity index (χ2n) is 7.77. The third-order valence-electron chi connectivity index (χ3n) is 4.12. The Balaban J connectivity index is 0.00000420. The molecular formula is C23H32ClNO4. The summed E-state index contributed by atoms with van der Waals surface area (Å²) in [6, 6.07) is 13.1. The van der Waals surface area contributed by atoms with Gasteiger partial charge in [-0.3, -0.25) is 4.79 Å². The van der Waals surface area contributed by atoms with E-state index in [0.717, 1.165) is 5.56 Å². The molecule has 0 saturated carbocycles. The number of hydrogen-bond donors (Lipinski definition) is 2. The zero-order chi connectivity index (χ0) is 20.7. The molecule has 0 aliphatic rings. The lowest BCUT2D eigenvalue weighted by molar-refractivity contribution is -0.135. The van der Waals surface area contributed by atoms with Crippen LogP contribution in [0.4, 0.5) is 0 Å². The molecule has 6 heteroatoms. The lowest BCUT2D eigenvalue weighted by Crippen LogP contribution is -2.27. The topological polar surface area (TPSA) is 67.8 Å². The largest absolute Gasteiger partial charge is 0.453 e. The molecule has 1 unspecified atom stereocenters. The fraction of sp³-hybridized carbons (Fsp3) is 0.435. The minimum Gasteiger partial charge on any atom is -0.453 e. The lowest BCUT2D eigenvalue weighted by atomic mass is 10.1. The van der Waals surface area contributed by atoms with Gasteiger partial charge in [0.15, 0.2) is 11.5 Å². The van der Waals surface area contributed by atoms with Crippen molar-refractivity contribution in [3.05, 3.63) is 53.6 Å². The first-order valence-corrected chi connectivity index (χ1v) is 9.75. The molecule has 0 aromatic heterocycles. The summed E-state index contributed by atoms with van der Waals surface area (Å²) in [7, 11) is 0. The van der Waals surface area contributed by atoms with E-state index in [9.17, 15) is 9.90 Å². The van der Waals surface area contributed by atoms with Gasteiger partial charge >= 0.3 is 5.97 Å². The highest BCUT2D eigenvalue weighted by atomic mass is 35.5. The van der Waals surface area contributed by atoms with Crippen LogP contribution >= 0.6 is 12.4 Å². The number of carbonyl (C=O) groups excluding carboxylic acids is 1. The highest BCUT2D eigenvalue weighted by Crippen LogP contribution is 2.34. The molecule has 0 saturated heterocycles. The van der Waals surface area contributed by atoms with E-state index < -0.39 is 6.10 Å². The Bertz CT molecular complexity index is 775. The zero-order valence-corrected chi connectivity index (χ0v) is 18.6. The Hall–Kier alpha value is -2.08. The number of hydrogen-bond acceptors (Lipinski definition) is 5. The number of aliphatic hydroxyl groups excluding tert-OH is 1. The minimum absolute atomic E-state index is 0. The predicted octanol–water partition coefficient (Wildman–Crippen LogP) is 5.19. The van der Waals surface area contributed by atoms with Gasteiger partial charge in [-0.05, 0) is 42.7 Å². The van der Waals surface area contributed by atoms with E-state index in [1.807, 2.05) is 58.9 Å². The van der Waals surface area contributed by atoms with E-state index in [1.54, 1.807) is 18.2 Å². The standard InChI is InChI=1S/C23H31NO4.ClH/c1-15(2)12-23(26)28-21-11-8-18(20(25)14-24-16(3)4)13-22(21)27-19-9-6-17(5)7-10-19;/h6-11,13,15-16,20,24-25H,12,14H2,1-5H3;1H. The first-order chi connectivity index (χ1) is 13.2. The van der Waals surface area contributed by atoms with Gasteiger partial charge in [-0.15, -0.1) is 12.4 Å². The molecule has 0 radical (unpaired) electrons. The molecule has 0 aliphatic heterocycles. The van der Waals surface area contributed by atoms with Crippen molar-refractivity contribution in [1.29, 1.82) is 0 Å². The number of esters is 1. The lowest BCUT2D eigenvalue weighted by Gasteiger charge is -2.17. The monoisotopic (exact) mass is 421 g/mol. The molecule has 2 N–H and O–H groups in total. The van der Waals surface area contributed by atoms with Crippen LogP contribution in [0.1, 0.15) is 51.3 Å². The summed E-state index contributed by atoms with van der Waals surface area (Å²) in [6.07, 6.45) is -0.365. The minimum atomic E-state index is -0.691. The SMILES string of the molecule is Cc1ccc(Oc2cc(C(O)CNC(C)C)ccc2OC(=O)CC(C)C)cc1.Cl. The molecule has 2 rings (SSSR count). The zero-order valence-electron chi connectivity index (χ0n) is 17.8.